The van der Waals surface area contributed by atoms with Crippen LogP contribution in [0.4, 0.5) is 4.39 Å². The molecule has 0 radical (unpaired) electrons. The molecule has 0 aliphatic rings. The Bertz CT molecular complexity index is 848. The van der Waals surface area contributed by atoms with Crippen molar-refractivity contribution in [2.45, 2.75) is 12.6 Å². The van der Waals surface area contributed by atoms with Gasteiger partial charge in [-0.3, -0.25) is 4.90 Å². The van der Waals surface area contributed by atoms with Crippen LogP contribution in [-0.2, 0) is 6.54 Å². The van der Waals surface area contributed by atoms with Crippen LogP contribution in [-0.4, -0.2) is 40.6 Å². The molecule has 1 aromatic heterocycles. The maximum absolute atomic E-state index is 13.4. The molecule has 1 N–H and O–H groups in total. The predicted octanol–water partition coefficient (Wildman–Crippen LogP) is 3.19. The topological polar surface area (TPSA) is 50.5 Å². The molecule has 0 saturated heterocycles. The zero-order chi connectivity index (χ0) is 18.5. The molecule has 1 unspecified atom stereocenters. The zero-order valence-electron chi connectivity index (χ0n) is 14.8. The summed E-state index contributed by atoms with van der Waals surface area (Å²) in [5, 5.41) is 14.3. The van der Waals surface area contributed by atoms with E-state index < -0.39 is 0 Å². The fraction of sp³-hybridized carbons (Fsp3) is 0.250. The normalized spacial score (nSPS) is 12.3. The zero-order valence-corrected chi connectivity index (χ0v) is 14.8. The number of ether oxygens (including phenoxy) is 1. The summed E-state index contributed by atoms with van der Waals surface area (Å²) in [6.45, 7) is 0.549. The molecule has 0 aliphatic heterocycles. The van der Waals surface area contributed by atoms with Crippen LogP contribution < -0.4 is 4.74 Å². The molecule has 2 aromatic carbocycles. The van der Waals surface area contributed by atoms with Crippen molar-refractivity contribution in [3.05, 3.63) is 77.9 Å². The molecule has 0 fully saturated rings. The predicted molar refractivity (Wildman–Crippen MR) is 97.8 cm³/mol. The Morgan fingerprint density at radius 1 is 1.19 bits per heavy atom. The van der Waals surface area contributed by atoms with E-state index in [0.29, 0.717) is 12.2 Å². The van der Waals surface area contributed by atoms with Crippen LogP contribution in [0.15, 0.2) is 60.8 Å². The molecule has 26 heavy (non-hydrogen) atoms. The third-order valence-electron chi connectivity index (χ3n) is 4.33. The van der Waals surface area contributed by atoms with Crippen molar-refractivity contribution in [2.75, 3.05) is 20.8 Å². The Morgan fingerprint density at radius 3 is 2.62 bits per heavy atom. The summed E-state index contributed by atoms with van der Waals surface area (Å²) >= 11 is 0. The lowest BCUT2D eigenvalue weighted by atomic mass is 10.1. The summed E-state index contributed by atoms with van der Waals surface area (Å²) in [6, 6.07) is 15.7. The summed E-state index contributed by atoms with van der Waals surface area (Å²) in [7, 11) is 3.56. The SMILES string of the molecule is COc1ccc(C(CO)N(C)Cc2ccn(-c3cccc(F)c3)n2)cc1. The van der Waals surface area contributed by atoms with Crippen molar-refractivity contribution in [3.8, 4) is 11.4 Å². The van der Waals surface area contributed by atoms with E-state index in [1.165, 1.54) is 12.1 Å². The van der Waals surface area contributed by atoms with Gasteiger partial charge >= 0.3 is 0 Å². The highest BCUT2D eigenvalue weighted by Crippen LogP contribution is 2.23. The molecule has 0 spiro atoms. The van der Waals surface area contributed by atoms with Crippen molar-refractivity contribution in [2.24, 2.45) is 0 Å². The second-order valence-corrected chi connectivity index (χ2v) is 6.12. The molecule has 3 aromatic rings. The van der Waals surface area contributed by atoms with Gasteiger partial charge in [-0.15, -0.1) is 0 Å². The molecule has 1 heterocycles. The minimum atomic E-state index is -0.295. The number of aromatic nitrogens is 2. The second kappa shape index (κ2) is 8.12. The Balaban J connectivity index is 1.72. The van der Waals surface area contributed by atoms with E-state index in [2.05, 4.69) is 5.10 Å². The van der Waals surface area contributed by atoms with E-state index in [9.17, 15) is 9.50 Å². The average molecular weight is 355 g/mol. The summed E-state index contributed by atoms with van der Waals surface area (Å²) in [5.74, 6) is 0.485. The van der Waals surface area contributed by atoms with Crippen LogP contribution in [0.1, 0.15) is 17.3 Å². The maximum Gasteiger partial charge on any atom is 0.125 e. The van der Waals surface area contributed by atoms with E-state index in [1.807, 2.05) is 42.3 Å². The van der Waals surface area contributed by atoms with Gasteiger partial charge in [0.2, 0.25) is 0 Å². The van der Waals surface area contributed by atoms with Crippen molar-refractivity contribution >= 4 is 0 Å². The molecule has 136 valence electrons. The number of nitrogens with zero attached hydrogens (tertiary/aromatic N) is 3. The van der Waals surface area contributed by atoms with E-state index in [-0.39, 0.29) is 18.5 Å². The van der Waals surface area contributed by atoms with E-state index in [4.69, 9.17) is 4.74 Å². The van der Waals surface area contributed by atoms with Crippen LogP contribution in [0.25, 0.3) is 5.69 Å². The van der Waals surface area contributed by atoms with Crippen molar-refractivity contribution in [1.82, 2.24) is 14.7 Å². The van der Waals surface area contributed by atoms with Crippen LogP contribution >= 0.6 is 0 Å². The van der Waals surface area contributed by atoms with Gasteiger partial charge < -0.3 is 9.84 Å². The highest BCUT2D eigenvalue weighted by molar-refractivity contribution is 5.32. The number of aliphatic hydroxyl groups is 1. The number of aliphatic hydroxyl groups excluding tert-OH is 1. The third kappa shape index (κ3) is 4.09. The highest BCUT2D eigenvalue weighted by atomic mass is 19.1. The lowest BCUT2D eigenvalue weighted by Crippen LogP contribution is -2.27. The van der Waals surface area contributed by atoms with Crippen LogP contribution in [0.3, 0.4) is 0 Å². The van der Waals surface area contributed by atoms with Gasteiger partial charge in [-0.1, -0.05) is 18.2 Å². The summed E-state index contributed by atoms with van der Waals surface area (Å²) in [5.41, 5.74) is 2.51. The molecular weight excluding hydrogens is 333 g/mol. The van der Waals surface area contributed by atoms with Crippen LogP contribution in [0.2, 0.25) is 0 Å². The van der Waals surface area contributed by atoms with Crippen molar-refractivity contribution in [3.63, 3.8) is 0 Å². The molecule has 0 saturated carbocycles. The smallest absolute Gasteiger partial charge is 0.125 e. The number of likely N-dealkylation sites (N-methyl/N-ethyl adjacent to an activating group) is 1. The first-order valence-electron chi connectivity index (χ1n) is 8.36. The largest absolute Gasteiger partial charge is 0.497 e. The summed E-state index contributed by atoms with van der Waals surface area (Å²) < 4.78 is 20.2. The molecule has 6 heteroatoms. The Hall–Kier alpha value is -2.70. The highest BCUT2D eigenvalue weighted by Gasteiger charge is 2.17. The summed E-state index contributed by atoms with van der Waals surface area (Å²) in [6.07, 6.45) is 1.80. The lowest BCUT2D eigenvalue weighted by molar-refractivity contribution is 0.141. The molecule has 3 rings (SSSR count). The van der Waals surface area contributed by atoms with Gasteiger partial charge in [0.25, 0.3) is 0 Å². The fourth-order valence-corrected chi connectivity index (χ4v) is 2.90. The van der Waals surface area contributed by atoms with Gasteiger partial charge in [-0.2, -0.15) is 5.10 Å². The van der Waals surface area contributed by atoms with Gasteiger partial charge in [-0.05, 0) is 49.0 Å². The number of hydrogen-bond donors (Lipinski definition) is 1. The molecule has 5 nitrogen and oxygen atoms in total. The number of methoxy groups -OCH3 is 1. The van der Waals surface area contributed by atoms with Crippen molar-refractivity contribution < 1.29 is 14.2 Å². The monoisotopic (exact) mass is 355 g/mol. The van der Waals surface area contributed by atoms with E-state index in [0.717, 1.165) is 17.0 Å². The first-order valence-corrected chi connectivity index (χ1v) is 8.36. The summed E-state index contributed by atoms with van der Waals surface area (Å²) in [4.78, 5) is 2.03. The minimum absolute atomic E-state index is 0.00651. The molecule has 0 amide bonds. The van der Waals surface area contributed by atoms with E-state index in [1.54, 1.807) is 30.1 Å². The Kier molecular flexibility index (Phi) is 5.65. The van der Waals surface area contributed by atoms with Gasteiger partial charge in [0, 0.05) is 12.7 Å². The van der Waals surface area contributed by atoms with Crippen LogP contribution in [0.5, 0.6) is 5.75 Å². The maximum atomic E-state index is 13.4. The van der Waals surface area contributed by atoms with Gasteiger partial charge in [0.15, 0.2) is 0 Å². The molecule has 0 bridgehead atoms. The number of halogens is 1. The molecule has 1 atom stereocenters. The lowest BCUT2D eigenvalue weighted by Gasteiger charge is -2.26. The van der Waals surface area contributed by atoms with Crippen molar-refractivity contribution in [1.29, 1.82) is 0 Å². The minimum Gasteiger partial charge on any atom is -0.497 e. The van der Waals surface area contributed by atoms with Gasteiger partial charge in [-0.25, -0.2) is 9.07 Å². The third-order valence-corrected chi connectivity index (χ3v) is 4.33. The Labute approximate surface area is 152 Å². The van der Waals surface area contributed by atoms with Crippen LogP contribution in [0, 0.1) is 5.82 Å². The average Bonchev–Trinajstić information content (AvgIpc) is 3.11. The quantitative estimate of drug-likeness (QED) is 0.707. The Morgan fingerprint density at radius 2 is 1.96 bits per heavy atom. The standard InChI is InChI=1S/C20H22FN3O2/c1-23(20(14-25)15-6-8-19(26-2)9-7-15)13-17-10-11-24(22-17)18-5-3-4-16(21)12-18/h3-12,20,25H,13-14H2,1-2H3. The number of hydrogen-bond acceptors (Lipinski definition) is 4. The van der Waals surface area contributed by atoms with Gasteiger partial charge in [0.1, 0.15) is 11.6 Å². The number of rotatable bonds is 7. The number of benzene rings is 2. The van der Waals surface area contributed by atoms with Gasteiger partial charge in [0.05, 0.1) is 31.1 Å². The fourth-order valence-electron chi connectivity index (χ4n) is 2.90. The first-order chi connectivity index (χ1) is 12.6. The molecular formula is C20H22FN3O2. The van der Waals surface area contributed by atoms with E-state index >= 15 is 0 Å². The second-order valence-electron chi connectivity index (χ2n) is 6.12. The molecule has 0 aliphatic carbocycles. The first kappa shape index (κ1) is 18.1.